The van der Waals surface area contributed by atoms with Gasteiger partial charge in [0.15, 0.2) is 0 Å². The summed E-state index contributed by atoms with van der Waals surface area (Å²) in [6.45, 7) is 7.54. The molecule has 14 heavy (non-hydrogen) atoms. The lowest BCUT2D eigenvalue weighted by Gasteiger charge is -2.25. The molecular formula is C11H22FNO. The molecule has 84 valence electrons. The van der Waals surface area contributed by atoms with E-state index in [2.05, 4.69) is 25.7 Å². The Morgan fingerprint density at radius 2 is 2.07 bits per heavy atom. The van der Waals surface area contributed by atoms with E-state index in [1.54, 1.807) is 0 Å². The first-order valence-electron chi connectivity index (χ1n) is 5.32. The van der Waals surface area contributed by atoms with Crippen molar-refractivity contribution in [2.24, 2.45) is 5.92 Å². The summed E-state index contributed by atoms with van der Waals surface area (Å²) < 4.78 is 18.2. The molecule has 0 saturated carbocycles. The van der Waals surface area contributed by atoms with Gasteiger partial charge in [-0.05, 0) is 34.2 Å². The molecule has 1 saturated heterocycles. The summed E-state index contributed by atoms with van der Waals surface area (Å²) in [5, 5.41) is 0. The molecule has 0 aromatic rings. The van der Waals surface area contributed by atoms with Crippen LogP contribution in [0.3, 0.4) is 0 Å². The third-order valence-corrected chi connectivity index (χ3v) is 2.70. The van der Waals surface area contributed by atoms with Crippen molar-refractivity contribution in [3.8, 4) is 0 Å². The molecule has 0 N–H and O–H groups in total. The highest BCUT2D eigenvalue weighted by Gasteiger charge is 2.30. The normalized spacial score (nSPS) is 29.8. The van der Waals surface area contributed by atoms with Gasteiger partial charge in [0.2, 0.25) is 0 Å². The number of likely N-dealkylation sites (N-methyl/N-ethyl adjacent to an activating group) is 1. The first-order chi connectivity index (χ1) is 6.42. The van der Waals surface area contributed by atoms with Gasteiger partial charge in [0.1, 0.15) is 0 Å². The van der Waals surface area contributed by atoms with Crippen LogP contribution in [-0.4, -0.2) is 43.4 Å². The molecule has 1 heterocycles. The van der Waals surface area contributed by atoms with Gasteiger partial charge >= 0.3 is 0 Å². The number of hydrogen-bond acceptors (Lipinski definition) is 2. The predicted molar refractivity (Wildman–Crippen MR) is 56.2 cm³/mol. The van der Waals surface area contributed by atoms with Crippen molar-refractivity contribution in [1.82, 2.24) is 4.90 Å². The molecule has 0 aromatic heterocycles. The maximum Gasteiger partial charge on any atom is 0.0935 e. The number of ether oxygens (including phenoxy) is 1. The van der Waals surface area contributed by atoms with Crippen LogP contribution >= 0.6 is 0 Å². The van der Waals surface area contributed by atoms with E-state index in [0.29, 0.717) is 6.04 Å². The maximum absolute atomic E-state index is 12.5. The number of nitrogens with zero attached hydrogens (tertiary/aromatic N) is 1. The Morgan fingerprint density at radius 1 is 1.43 bits per heavy atom. The topological polar surface area (TPSA) is 12.5 Å². The highest BCUT2D eigenvalue weighted by molar-refractivity contribution is 4.83. The Labute approximate surface area is 86.4 Å². The molecule has 1 fully saturated rings. The minimum Gasteiger partial charge on any atom is -0.374 e. The Balaban J connectivity index is 2.32. The van der Waals surface area contributed by atoms with Gasteiger partial charge in [-0.15, -0.1) is 0 Å². The fraction of sp³-hybridized carbons (Fsp3) is 1.00. The monoisotopic (exact) mass is 203 g/mol. The van der Waals surface area contributed by atoms with Crippen molar-refractivity contribution < 1.29 is 9.13 Å². The zero-order valence-corrected chi connectivity index (χ0v) is 9.72. The average Bonchev–Trinajstić information content (AvgIpc) is 2.42. The van der Waals surface area contributed by atoms with Crippen LogP contribution in [0.25, 0.3) is 0 Å². The van der Waals surface area contributed by atoms with Gasteiger partial charge in [0, 0.05) is 18.5 Å². The van der Waals surface area contributed by atoms with Crippen molar-refractivity contribution in [1.29, 1.82) is 0 Å². The van der Waals surface area contributed by atoms with Gasteiger partial charge in [-0.2, -0.15) is 0 Å². The Morgan fingerprint density at radius 3 is 2.50 bits per heavy atom. The molecular weight excluding hydrogens is 181 g/mol. The number of halogens is 1. The molecule has 0 radical (unpaired) electrons. The fourth-order valence-corrected chi connectivity index (χ4v) is 1.85. The molecule has 0 bridgehead atoms. The number of likely N-dealkylation sites (tertiary alicyclic amines) is 1. The maximum atomic E-state index is 12.5. The van der Waals surface area contributed by atoms with Crippen LogP contribution < -0.4 is 0 Å². The van der Waals surface area contributed by atoms with E-state index in [1.807, 2.05) is 7.05 Å². The molecule has 1 aliphatic rings. The highest BCUT2D eigenvalue weighted by atomic mass is 19.1. The van der Waals surface area contributed by atoms with Crippen LogP contribution in [0.5, 0.6) is 0 Å². The van der Waals surface area contributed by atoms with Gasteiger partial charge in [-0.1, -0.05) is 0 Å². The first-order valence-corrected chi connectivity index (χ1v) is 5.32. The van der Waals surface area contributed by atoms with Gasteiger partial charge in [0.05, 0.1) is 18.9 Å². The quantitative estimate of drug-likeness (QED) is 0.696. The molecule has 2 nitrogen and oxygen atoms in total. The van der Waals surface area contributed by atoms with Crippen molar-refractivity contribution in [2.45, 2.75) is 38.8 Å². The number of alkyl halides is 1. The Kier molecular flexibility index (Phi) is 3.90. The summed E-state index contributed by atoms with van der Waals surface area (Å²) in [5.41, 5.74) is -0.0886. The Bertz CT molecular complexity index is 179. The molecule has 3 heteroatoms. The zero-order chi connectivity index (χ0) is 10.8. The lowest BCUT2D eigenvalue weighted by Crippen LogP contribution is -2.33. The van der Waals surface area contributed by atoms with Gasteiger partial charge in [-0.3, -0.25) is 4.39 Å². The summed E-state index contributed by atoms with van der Waals surface area (Å²) in [7, 11) is 2.05. The lowest BCUT2D eigenvalue weighted by atomic mass is 10.1. The van der Waals surface area contributed by atoms with Crippen LogP contribution in [0.2, 0.25) is 0 Å². The molecule has 1 rings (SSSR count). The summed E-state index contributed by atoms with van der Waals surface area (Å²) in [5.74, 6) is 0.216. The molecule has 2 atom stereocenters. The van der Waals surface area contributed by atoms with E-state index < -0.39 is 0 Å². The minimum atomic E-state index is -0.198. The van der Waals surface area contributed by atoms with Gasteiger partial charge < -0.3 is 9.64 Å². The van der Waals surface area contributed by atoms with Crippen LogP contribution in [-0.2, 0) is 4.74 Å². The molecule has 0 aromatic carbocycles. The van der Waals surface area contributed by atoms with E-state index in [4.69, 9.17) is 4.74 Å². The summed E-state index contributed by atoms with van der Waals surface area (Å²) in [6.07, 6.45) is 0.934. The van der Waals surface area contributed by atoms with E-state index in [1.165, 1.54) is 0 Å². The molecule has 0 spiro atoms. The standard InChI is InChI=1S/C11H22FNO/c1-11(2,3)14-8-10-5-9(6-12)7-13(10)4/h9-10H,5-8H2,1-4H3/t9-,10+/m1/s1. The number of rotatable bonds is 3. The van der Waals surface area contributed by atoms with Crippen molar-refractivity contribution in [3.63, 3.8) is 0 Å². The third-order valence-electron chi connectivity index (χ3n) is 2.70. The van der Waals surface area contributed by atoms with E-state index in [9.17, 15) is 4.39 Å². The SMILES string of the molecule is CN1C[C@@H](CF)C[C@H]1COC(C)(C)C. The van der Waals surface area contributed by atoms with Crippen LogP contribution in [0.4, 0.5) is 4.39 Å². The van der Waals surface area contributed by atoms with Crippen LogP contribution in [0, 0.1) is 5.92 Å². The second-order valence-corrected chi connectivity index (χ2v) is 5.27. The van der Waals surface area contributed by atoms with Crippen molar-refractivity contribution in [2.75, 3.05) is 26.9 Å². The van der Waals surface area contributed by atoms with E-state index in [0.717, 1.165) is 19.6 Å². The first kappa shape index (κ1) is 11.9. The smallest absolute Gasteiger partial charge is 0.0935 e. The van der Waals surface area contributed by atoms with Gasteiger partial charge in [-0.25, -0.2) is 0 Å². The second-order valence-electron chi connectivity index (χ2n) is 5.27. The highest BCUT2D eigenvalue weighted by Crippen LogP contribution is 2.23. The fourth-order valence-electron chi connectivity index (χ4n) is 1.85. The van der Waals surface area contributed by atoms with E-state index >= 15 is 0 Å². The average molecular weight is 203 g/mol. The molecule has 0 aliphatic carbocycles. The number of hydrogen-bond donors (Lipinski definition) is 0. The van der Waals surface area contributed by atoms with Crippen molar-refractivity contribution >= 4 is 0 Å². The van der Waals surface area contributed by atoms with E-state index in [-0.39, 0.29) is 18.2 Å². The Hall–Kier alpha value is -0.150. The second kappa shape index (κ2) is 4.58. The summed E-state index contributed by atoms with van der Waals surface area (Å²) >= 11 is 0. The van der Waals surface area contributed by atoms with Crippen LogP contribution in [0.1, 0.15) is 27.2 Å². The molecule has 1 aliphatic heterocycles. The summed E-state index contributed by atoms with van der Waals surface area (Å²) in [6, 6.07) is 0.398. The van der Waals surface area contributed by atoms with Crippen LogP contribution in [0.15, 0.2) is 0 Å². The predicted octanol–water partition coefficient (Wildman–Crippen LogP) is 2.09. The molecule has 0 amide bonds. The zero-order valence-electron chi connectivity index (χ0n) is 9.72. The van der Waals surface area contributed by atoms with Gasteiger partial charge in [0.25, 0.3) is 0 Å². The lowest BCUT2D eigenvalue weighted by molar-refractivity contribution is -0.0252. The van der Waals surface area contributed by atoms with Crippen molar-refractivity contribution in [3.05, 3.63) is 0 Å². The minimum absolute atomic E-state index is 0.0886. The molecule has 0 unspecified atom stereocenters. The third kappa shape index (κ3) is 3.54. The largest absolute Gasteiger partial charge is 0.374 e. The summed E-state index contributed by atoms with van der Waals surface area (Å²) in [4.78, 5) is 2.20.